The fourth-order valence-corrected chi connectivity index (χ4v) is 5.13. The Morgan fingerprint density at radius 1 is 0.444 bits per heavy atom. The van der Waals surface area contributed by atoms with E-state index >= 15 is 0 Å². The Balaban J connectivity index is 1.69. The highest BCUT2D eigenvalue weighted by Crippen LogP contribution is 2.43. The van der Waals surface area contributed by atoms with Gasteiger partial charge in [0, 0.05) is 11.1 Å². The summed E-state index contributed by atoms with van der Waals surface area (Å²) in [6.45, 7) is 0. The Labute approximate surface area is 236 Å². The predicted molar refractivity (Wildman–Crippen MR) is 149 cm³/mol. The van der Waals surface area contributed by atoms with Gasteiger partial charge in [0.25, 0.3) is 0 Å². The lowest BCUT2D eigenvalue weighted by Crippen LogP contribution is -2.23. The molecular formula is C26H12Cl6N2O2. The zero-order chi connectivity index (χ0) is 25.7. The number of hydrogen-bond acceptors (Lipinski definition) is 4. The number of hydrogen-bond donors (Lipinski definition) is 2. The summed E-state index contributed by atoms with van der Waals surface area (Å²) in [6, 6.07) is 16.4. The second kappa shape index (κ2) is 9.79. The lowest BCUT2D eigenvalue weighted by atomic mass is 9.82. The normalized spacial score (nSPS) is 12.3. The fraction of sp³-hybridized carbons (Fsp3) is 0. The number of fused-ring (bicyclic) bond motifs is 2. The molecule has 2 N–H and O–H groups in total. The SMILES string of the molecule is O=C1c2ccccc2C(=O)c2c(Nc3ccc(Cl)c(Cl)c3Cl)ccc(Nc3ccc(Cl)c(Cl)c3Cl)c21. The van der Waals surface area contributed by atoms with Crippen LogP contribution in [-0.4, -0.2) is 11.6 Å². The van der Waals surface area contributed by atoms with E-state index in [1.54, 1.807) is 60.7 Å². The van der Waals surface area contributed by atoms with Gasteiger partial charge in [-0.05, 0) is 36.4 Å². The van der Waals surface area contributed by atoms with Crippen molar-refractivity contribution in [3.63, 3.8) is 0 Å². The molecule has 4 aromatic rings. The van der Waals surface area contributed by atoms with Crippen molar-refractivity contribution in [1.82, 2.24) is 0 Å². The predicted octanol–water partition coefficient (Wildman–Crippen LogP) is 9.87. The maximum absolute atomic E-state index is 13.7. The van der Waals surface area contributed by atoms with E-state index < -0.39 is 0 Å². The van der Waals surface area contributed by atoms with Crippen molar-refractivity contribution >= 4 is 104 Å². The Hall–Kier alpha value is -2.44. The first kappa shape index (κ1) is 25.2. The standard InChI is InChI=1S/C26H12Cl6N2O2/c27-13-5-7-17(23(31)21(13)29)33-15-9-10-16(34-18-8-6-14(28)22(30)24(18)32)20-19(15)25(35)11-3-1-2-4-12(11)26(20)36/h1-10,33-34H. The van der Waals surface area contributed by atoms with E-state index in [9.17, 15) is 9.59 Å². The molecule has 4 nitrogen and oxygen atoms in total. The van der Waals surface area contributed by atoms with Crippen LogP contribution in [0.2, 0.25) is 30.1 Å². The minimum Gasteiger partial charge on any atom is -0.354 e. The van der Waals surface area contributed by atoms with E-state index in [1.807, 2.05) is 0 Å². The van der Waals surface area contributed by atoms with Crippen molar-refractivity contribution in [3.8, 4) is 0 Å². The van der Waals surface area contributed by atoms with Gasteiger partial charge in [-0.25, -0.2) is 0 Å². The van der Waals surface area contributed by atoms with Crippen LogP contribution in [0.4, 0.5) is 22.7 Å². The summed E-state index contributed by atoms with van der Waals surface area (Å²) in [5.74, 6) is -0.662. The summed E-state index contributed by atoms with van der Waals surface area (Å²) in [5, 5.41) is 7.51. The molecule has 0 amide bonds. The summed E-state index contributed by atoms with van der Waals surface area (Å²) >= 11 is 37.3. The van der Waals surface area contributed by atoms with Gasteiger partial charge in [0.2, 0.25) is 0 Å². The van der Waals surface area contributed by atoms with Gasteiger partial charge >= 0.3 is 0 Å². The van der Waals surface area contributed by atoms with Crippen molar-refractivity contribution in [1.29, 1.82) is 0 Å². The van der Waals surface area contributed by atoms with Crippen LogP contribution in [0.5, 0.6) is 0 Å². The van der Waals surface area contributed by atoms with E-state index in [0.717, 1.165) is 0 Å². The second-order valence-corrected chi connectivity index (χ2v) is 10.1. The van der Waals surface area contributed by atoms with Crippen LogP contribution < -0.4 is 10.6 Å². The number of ketones is 2. The van der Waals surface area contributed by atoms with Gasteiger partial charge in [-0.3, -0.25) is 9.59 Å². The first-order chi connectivity index (χ1) is 17.2. The molecule has 0 saturated heterocycles. The highest BCUT2D eigenvalue weighted by molar-refractivity contribution is 6.50. The van der Waals surface area contributed by atoms with Crippen LogP contribution in [0.3, 0.4) is 0 Å². The smallest absolute Gasteiger partial charge is 0.196 e. The monoisotopic (exact) mass is 594 g/mol. The van der Waals surface area contributed by atoms with Crippen molar-refractivity contribution in [2.45, 2.75) is 0 Å². The van der Waals surface area contributed by atoms with Crippen LogP contribution in [0.15, 0.2) is 60.7 Å². The quantitative estimate of drug-likeness (QED) is 0.203. The lowest BCUT2D eigenvalue weighted by Gasteiger charge is -2.24. The lowest BCUT2D eigenvalue weighted by molar-refractivity contribution is 0.0980. The van der Waals surface area contributed by atoms with Gasteiger partial charge in [0.05, 0.1) is 64.0 Å². The molecular weight excluding hydrogens is 585 g/mol. The highest BCUT2D eigenvalue weighted by atomic mass is 35.5. The molecule has 36 heavy (non-hydrogen) atoms. The summed E-state index contributed by atoms with van der Waals surface area (Å²) in [5.41, 5.74) is 2.49. The highest BCUT2D eigenvalue weighted by Gasteiger charge is 2.34. The average molecular weight is 597 g/mol. The van der Waals surface area contributed by atoms with E-state index in [2.05, 4.69) is 10.6 Å². The zero-order valence-corrected chi connectivity index (χ0v) is 22.4. The third kappa shape index (κ3) is 4.22. The molecule has 0 aliphatic heterocycles. The molecule has 0 fully saturated rings. The van der Waals surface area contributed by atoms with Gasteiger partial charge in [-0.1, -0.05) is 93.9 Å². The van der Waals surface area contributed by atoms with Crippen LogP contribution in [0.1, 0.15) is 31.8 Å². The maximum atomic E-state index is 13.7. The van der Waals surface area contributed by atoms with Crippen LogP contribution >= 0.6 is 69.6 Å². The number of anilines is 4. The number of benzene rings is 4. The Morgan fingerprint density at radius 2 is 0.806 bits per heavy atom. The number of carbonyl (C=O) groups is 2. The third-order valence-electron chi connectivity index (χ3n) is 5.68. The molecule has 0 radical (unpaired) electrons. The average Bonchev–Trinajstić information content (AvgIpc) is 2.88. The van der Waals surface area contributed by atoms with Gasteiger partial charge in [0.1, 0.15) is 0 Å². The van der Waals surface area contributed by atoms with E-state index in [-0.39, 0.29) is 52.8 Å². The number of halogens is 6. The maximum Gasteiger partial charge on any atom is 0.196 e. The zero-order valence-electron chi connectivity index (χ0n) is 17.9. The summed E-state index contributed by atoms with van der Waals surface area (Å²) in [4.78, 5) is 27.4. The molecule has 0 unspecified atom stereocenters. The van der Waals surface area contributed by atoms with Gasteiger partial charge < -0.3 is 10.6 Å². The van der Waals surface area contributed by atoms with E-state index in [1.165, 1.54) is 0 Å². The molecule has 4 aromatic carbocycles. The molecule has 5 rings (SSSR count). The fourth-order valence-electron chi connectivity index (χ4n) is 3.97. The van der Waals surface area contributed by atoms with E-state index in [4.69, 9.17) is 69.6 Å². The molecule has 1 aliphatic rings. The van der Waals surface area contributed by atoms with Crippen LogP contribution in [-0.2, 0) is 0 Å². The molecule has 0 bridgehead atoms. The summed E-state index contributed by atoms with van der Waals surface area (Å²) in [6.07, 6.45) is 0. The van der Waals surface area contributed by atoms with Crippen LogP contribution in [0, 0.1) is 0 Å². The topological polar surface area (TPSA) is 58.2 Å². The van der Waals surface area contributed by atoms with Crippen molar-refractivity contribution in [2.75, 3.05) is 10.6 Å². The minimum atomic E-state index is -0.331. The number of rotatable bonds is 4. The molecule has 10 heteroatoms. The summed E-state index contributed by atoms with van der Waals surface area (Å²) in [7, 11) is 0. The largest absolute Gasteiger partial charge is 0.354 e. The van der Waals surface area contributed by atoms with Gasteiger partial charge in [0.15, 0.2) is 11.6 Å². The molecule has 0 aromatic heterocycles. The van der Waals surface area contributed by atoms with Gasteiger partial charge in [-0.2, -0.15) is 0 Å². The molecule has 0 saturated carbocycles. The third-order valence-corrected chi connectivity index (χ3v) is 8.27. The first-order valence-electron chi connectivity index (χ1n) is 10.4. The van der Waals surface area contributed by atoms with Crippen LogP contribution in [0.25, 0.3) is 0 Å². The summed E-state index contributed by atoms with van der Waals surface area (Å²) < 4.78 is 0. The molecule has 0 heterocycles. The molecule has 180 valence electrons. The minimum absolute atomic E-state index is 0.164. The second-order valence-electron chi connectivity index (χ2n) is 7.81. The Morgan fingerprint density at radius 3 is 1.19 bits per heavy atom. The Bertz CT molecular complexity index is 1480. The molecule has 0 atom stereocenters. The Kier molecular flexibility index (Phi) is 6.86. The van der Waals surface area contributed by atoms with E-state index in [0.29, 0.717) is 33.9 Å². The first-order valence-corrected chi connectivity index (χ1v) is 12.6. The number of carbonyl (C=O) groups excluding carboxylic acids is 2. The number of nitrogens with one attached hydrogen (secondary N) is 2. The van der Waals surface area contributed by atoms with Crippen molar-refractivity contribution < 1.29 is 9.59 Å². The van der Waals surface area contributed by atoms with Crippen molar-refractivity contribution in [3.05, 3.63) is 113 Å². The molecule has 0 spiro atoms. The van der Waals surface area contributed by atoms with Crippen molar-refractivity contribution in [2.24, 2.45) is 0 Å². The van der Waals surface area contributed by atoms with Gasteiger partial charge in [-0.15, -0.1) is 0 Å². The molecule has 1 aliphatic carbocycles.